The highest BCUT2D eigenvalue weighted by Crippen LogP contribution is 2.22. The fourth-order valence-electron chi connectivity index (χ4n) is 2.33. The van der Waals surface area contributed by atoms with Gasteiger partial charge in [-0.2, -0.15) is 0 Å². The molecule has 0 spiro atoms. The zero-order chi connectivity index (χ0) is 16.1. The predicted molar refractivity (Wildman–Crippen MR) is 90.1 cm³/mol. The number of aryl methyl sites for hydroxylation is 4. The standard InChI is InChI=1S/C17H24N4O/c1-5-13-8-7-9-14(6-2)16(13)21-17(18)19-10-15-20-11(3)12(4)22-15/h7-9H,5-6,10H2,1-4H3,(H3,18,19,21). The minimum Gasteiger partial charge on any atom is -0.444 e. The van der Waals surface area contributed by atoms with E-state index in [1.54, 1.807) is 0 Å². The first kappa shape index (κ1) is 16.1. The lowest BCUT2D eigenvalue weighted by atomic mass is 10.0. The van der Waals surface area contributed by atoms with Crippen LogP contribution in [0.3, 0.4) is 0 Å². The summed E-state index contributed by atoms with van der Waals surface area (Å²) in [6, 6.07) is 6.29. The molecule has 3 N–H and O–H groups in total. The number of oxazole rings is 1. The van der Waals surface area contributed by atoms with Gasteiger partial charge in [0.25, 0.3) is 0 Å². The van der Waals surface area contributed by atoms with Crippen LogP contribution in [0.15, 0.2) is 27.6 Å². The van der Waals surface area contributed by atoms with Crippen LogP contribution >= 0.6 is 0 Å². The van der Waals surface area contributed by atoms with Crippen molar-refractivity contribution in [3.63, 3.8) is 0 Å². The number of rotatable bonds is 5. The number of guanidine groups is 1. The Kier molecular flexibility index (Phi) is 5.20. The third kappa shape index (κ3) is 3.67. The lowest BCUT2D eigenvalue weighted by Crippen LogP contribution is -2.24. The average Bonchev–Trinajstić information content (AvgIpc) is 2.84. The molecule has 0 aliphatic rings. The van der Waals surface area contributed by atoms with E-state index in [9.17, 15) is 0 Å². The highest BCUT2D eigenvalue weighted by atomic mass is 16.4. The number of anilines is 1. The van der Waals surface area contributed by atoms with Crippen LogP contribution < -0.4 is 11.1 Å². The Bertz CT molecular complexity index is 632. The zero-order valence-electron chi connectivity index (χ0n) is 13.7. The molecule has 0 radical (unpaired) electrons. The second-order valence-corrected chi connectivity index (χ2v) is 5.23. The number of nitrogens with one attached hydrogen (secondary N) is 1. The Morgan fingerprint density at radius 2 is 1.86 bits per heavy atom. The maximum Gasteiger partial charge on any atom is 0.216 e. The molecule has 0 fully saturated rings. The van der Waals surface area contributed by atoms with Gasteiger partial charge in [-0.15, -0.1) is 0 Å². The Labute approximate surface area is 131 Å². The van der Waals surface area contributed by atoms with Crippen molar-refractivity contribution in [2.75, 3.05) is 5.32 Å². The highest BCUT2D eigenvalue weighted by molar-refractivity contribution is 5.93. The van der Waals surface area contributed by atoms with Crippen molar-refractivity contribution in [3.05, 3.63) is 46.7 Å². The summed E-state index contributed by atoms with van der Waals surface area (Å²) >= 11 is 0. The Morgan fingerprint density at radius 1 is 1.23 bits per heavy atom. The third-order valence-corrected chi connectivity index (χ3v) is 3.71. The number of nitrogens with zero attached hydrogens (tertiary/aromatic N) is 2. The lowest BCUT2D eigenvalue weighted by molar-refractivity contribution is 0.473. The molecule has 5 nitrogen and oxygen atoms in total. The van der Waals surface area contributed by atoms with Crippen LogP contribution in [0, 0.1) is 13.8 Å². The second kappa shape index (κ2) is 7.11. The molecule has 0 saturated carbocycles. The molecule has 2 rings (SSSR count). The molecule has 1 aromatic heterocycles. The van der Waals surface area contributed by atoms with Crippen molar-refractivity contribution in [2.24, 2.45) is 10.7 Å². The van der Waals surface area contributed by atoms with Gasteiger partial charge in [-0.25, -0.2) is 9.98 Å². The predicted octanol–water partition coefficient (Wildman–Crippen LogP) is 3.34. The van der Waals surface area contributed by atoms with Crippen molar-refractivity contribution >= 4 is 11.6 Å². The minimum atomic E-state index is 0.337. The molecule has 0 aliphatic carbocycles. The van der Waals surface area contributed by atoms with Crippen LogP contribution in [0.25, 0.3) is 0 Å². The first-order chi connectivity index (χ1) is 10.5. The number of hydrogen-bond donors (Lipinski definition) is 2. The Balaban J connectivity index is 2.14. The zero-order valence-corrected chi connectivity index (χ0v) is 13.7. The van der Waals surface area contributed by atoms with E-state index in [4.69, 9.17) is 10.2 Å². The van der Waals surface area contributed by atoms with E-state index < -0.39 is 0 Å². The largest absolute Gasteiger partial charge is 0.444 e. The van der Waals surface area contributed by atoms with E-state index in [2.05, 4.69) is 47.3 Å². The average molecular weight is 300 g/mol. The van der Waals surface area contributed by atoms with Crippen LogP contribution in [0.2, 0.25) is 0 Å². The first-order valence-corrected chi connectivity index (χ1v) is 7.65. The Morgan fingerprint density at radius 3 is 2.36 bits per heavy atom. The number of para-hydroxylation sites is 1. The molecule has 5 heteroatoms. The SMILES string of the molecule is CCc1cccc(CC)c1NC(N)=NCc1nc(C)c(C)o1. The van der Waals surface area contributed by atoms with Gasteiger partial charge in [0.1, 0.15) is 12.3 Å². The van der Waals surface area contributed by atoms with Crippen molar-refractivity contribution in [1.29, 1.82) is 0 Å². The van der Waals surface area contributed by atoms with Gasteiger partial charge in [0.05, 0.1) is 5.69 Å². The minimum absolute atomic E-state index is 0.337. The molecule has 0 atom stereocenters. The number of aliphatic imine (C=N–C) groups is 1. The van der Waals surface area contributed by atoms with Crippen molar-refractivity contribution in [1.82, 2.24) is 4.98 Å². The summed E-state index contributed by atoms with van der Waals surface area (Å²) in [4.78, 5) is 8.62. The van der Waals surface area contributed by atoms with Gasteiger partial charge in [0.15, 0.2) is 5.96 Å². The molecular formula is C17H24N4O. The van der Waals surface area contributed by atoms with Gasteiger partial charge < -0.3 is 15.5 Å². The van der Waals surface area contributed by atoms with E-state index in [-0.39, 0.29) is 0 Å². The number of hydrogen-bond acceptors (Lipinski definition) is 3. The summed E-state index contributed by atoms with van der Waals surface area (Å²) < 4.78 is 5.50. The quantitative estimate of drug-likeness (QED) is 0.656. The summed E-state index contributed by atoms with van der Waals surface area (Å²) in [5.41, 5.74) is 10.4. The molecule has 118 valence electrons. The summed E-state index contributed by atoms with van der Waals surface area (Å²) in [6.45, 7) is 8.40. The molecule has 0 amide bonds. The summed E-state index contributed by atoms with van der Waals surface area (Å²) in [5, 5.41) is 3.23. The fraction of sp³-hybridized carbons (Fsp3) is 0.412. The highest BCUT2D eigenvalue weighted by Gasteiger charge is 2.08. The van der Waals surface area contributed by atoms with E-state index in [1.165, 1.54) is 11.1 Å². The molecule has 22 heavy (non-hydrogen) atoms. The maximum absolute atomic E-state index is 6.02. The van der Waals surface area contributed by atoms with Gasteiger partial charge in [0.2, 0.25) is 5.89 Å². The maximum atomic E-state index is 6.02. The van der Waals surface area contributed by atoms with Gasteiger partial charge in [-0.1, -0.05) is 32.0 Å². The van der Waals surface area contributed by atoms with Gasteiger partial charge in [-0.3, -0.25) is 0 Å². The van der Waals surface area contributed by atoms with Crippen molar-refractivity contribution < 1.29 is 4.42 Å². The molecule has 1 aromatic carbocycles. The number of benzene rings is 1. The van der Waals surface area contributed by atoms with Gasteiger partial charge in [0, 0.05) is 5.69 Å². The lowest BCUT2D eigenvalue weighted by Gasteiger charge is -2.14. The summed E-state index contributed by atoms with van der Waals surface area (Å²) in [6.07, 6.45) is 1.89. The van der Waals surface area contributed by atoms with E-state index in [1.807, 2.05) is 13.8 Å². The third-order valence-electron chi connectivity index (χ3n) is 3.71. The second-order valence-electron chi connectivity index (χ2n) is 5.23. The normalized spacial score (nSPS) is 11.7. The van der Waals surface area contributed by atoms with Crippen LogP contribution in [-0.4, -0.2) is 10.9 Å². The Hall–Kier alpha value is -2.30. The van der Waals surface area contributed by atoms with Crippen LogP contribution in [0.1, 0.15) is 42.3 Å². The molecule has 0 unspecified atom stereocenters. The van der Waals surface area contributed by atoms with E-state index >= 15 is 0 Å². The van der Waals surface area contributed by atoms with Crippen LogP contribution in [-0.2, 0) is 19.4 Å². The van der Waals surface area contributed by atoms with Crippen molar-refractivity contribution in [3.8, 4) is 0 Å². The number of aromatic nitrogens is 1. The topological polar surface area (TPSA) is 76.4 Å². The van der Waals surface area contributed by atoms with Crippen molar-refractivity contribution in [2.45, 2.75) is 47.1 Å². The first-order valence-electron chi connectivity index (χ1n) is 7.65. The number of nitrogens with two attached hydrogens (primary N) is 1. The van der Waals surface area contributed by atoms with Crippen LogP contribution in [0.4, 0.5) is 5.69 Å². The molecule has 2 aromatic rings. The summed E-state index contributed by atoms with van der Waals surface area (Å²) in [7, 11) is 0. The molecular weight excluding hydrogens is 276 g/mol. The smallest absolute Gasteiger partial charge is 0.216 e. The van der Waals surface area contributed by atoms with Gasteiger partial charge in [-0.05, 0) is 37.8 Å². The molecule has 0 aliphatic heterocycles. The van der Waals surface area contributed by atoms with Gasteiger partial charge >= 0.3 is 0 Å². The molecule has 0 saturated heterocycles. The van der Waals surface area contributed by atoms with E-state index in [0.29, 0.717) is 18.4 Å². The van der Waals surface area contributed by atoms with Crippen LogP contribution in [0.5, 0.6) is 0 Å². The monoisotopic (exact) mass is 300 g/mol. The van der Waals surface area contributed by atoms with E-state index in [0.717, 1.165) is 30.0 Å². The molecule has 0 bridgehead atoms. The summed E-state index contributed by atoms with van der Waals surface area (Å²) in [5.74, 6) is 1.78. The fourth-order valence-corrected chi connectivity index (χ4v) is 2.33. The molecule has 1 heterocycles.